The summed E-state index contributed by atoms with van der Waals surface area (Å²) in [6.45, 7) is 2.26. The molecular weight excluding hydrogens is 278 g/mol. The van der Waals surface area contributed by atoms with Crippen molar-refractivity contribution in [1.82, 2.24) is 4.72 Å². The molecule has 3 heteroatoms. The molecule has 0 saturated heterocycles. The molecule has 124 valence electrons. The first-order chi connectivity index (χ1) is 10.3. The van der Waals surface area contributed by atoms with Crippen molar-refractivity contribution in [2.45, 2.75) is 96.8 Å². The highest BCUT2D eigenvalue weighted by Gasteiger charge is 1.94. The van der Waals surface area contributed by atoms with Gasteiger partial charge in [-0.15, -0.1) is 0 Å². The first-order valence-corrected chi connectivity index (χ1v) is 9.28. The van der Waals surface area contributed by atoms with Crippen molar-refractivity contribution in [1.29, 1.82) is 0 Å². The van der Waals surface area contributed by atoms with Crippen LogP contribution in [0.25, 0.3) is 0 Å². The lowest BCUT2D eigenvalue weighted by atomic mass is 10.1. The molecule has 1 N–H and O–H groups in total. The van der Waals surface area contributed by atoms with Crippen LogP contribution in [-0.4, -0.2) is 5.91 Å². The highest BCUT2D eigenvalue weighted by atomic mass is 32.1. The van der Waals surface area contributed by atoms with Crippen molar-refractivity contribution in [3.8, 4) is 0 Å². The smallest absolute Gasteiger partial charge is 0.198 e. The molecule has 0 bridgehead atoms. The van der Waals surface area contributed by atoms with Gasteiger partial charge in [0.05, 0.1) is 0 Å². The molecule has 0 aromatic carbocycles. The largest absolute Gasteiger partial charge is 0.668 e. The quantitative estimate of drug-likeness (QED) is 0.242. The molecule has 0 spiro atoms. The van der Waals surface area contributed by atoms with Crippen molar-refractivity contribution in [2.24, 2.45) is 0 Å². The summed E-state index contributed by atoms with van der Waals surface area (Å²) in [7, 11) is 0. The predicted octanol–water partition coefficient (Wildman–Crippen LogP) is 5.60. The van der Waals surface area contributed by atoms with Crippen molar-refractivity contribution >= 4 is 18.7 Å². The molecule has 0 aromatic heterocycles. The molecule has 1 amide bonds. The van der Waals surface area contributed by atoms with Gasteiger partial charge in [-0.05, 0) is 32.1 Å². The van der Waals surface area contributed by atoms with Gasteiger partial charge >= 0.3 is 0 Å². The molecule has 0 radical (unpaired) electrons. The normalized spacial score (nSPS) is 11.1. The van der Waals surface area contributed by atoms with E-state index < -0.39 is 0 Å². The Hall–Kier alpha value is -0.440. The highest BCUT2D eigenvalue weighted by Crippen LogP contribution is 2.09. The molecule has 0 aromatic rings. The third-order valence-corrected chi connectivity index (χ3v) is 4.01. The Bertz CT molecular complexity index is 254. The van der Waals surface area contributed by atoms with E-state index in [1.54, 1.807) is 0 Å². The number of amides is 1. The van der Waals surface area contributed by atoms with Crippen molar-refractivity contribution < 1.29 is 4.79 Å². The topological polar surface area (TPSA) is 29.1 Å². The molecule has 0 aliphatic carbocycles. The van der Waals surface area contributed by atoms with Crippen LogP contribution in [0.1, 0.15) is 96.8 Å². The zero-order chi connectivity index (χ0) is 15.6. The van der Waals surface area contributed by atoms with Crippen molar-refractivity contribution in [3.05, 3.63) is 12.2 Å². The molecule has 0 unspecified atom stereocenters. The maximum Gasteiger partial charge on any atom is 0.198 e. The van der Waals surface area contributed by atoms with E-state index in [9.17, 15) is 4.79 Å². The molecule has 0 aliphatic heterocycles. The van der Waals surface area contributed by atoms with Crippen LogP contribution < -0.4 is 4.72 Å². The molecule has 0 fully saturated rings. The standard InChI is InChI=1S/C18H34NOS/c1-2-3-4-5-6-7-8-9-10-11-12-13-14-15-16-17-18(20)19-21/h9-10H,2-8,11-17H2,1H3,(H-,19,20,21)/q-1/b10-9-. The van der Waals surface area contributed by atoms with Crippen molar-refractivity contribution in [3.63, 3.8) is 0 Å². The average Bonchev–Trinajstić information content (AvgIpc) is 2.50. The van der Waals surface area contributed by atoms with Gasteiger partial charge < -0.3 is 17.5 Å². The Morgan fingerprint density at radius 1 is 0.810 bits per heavy atom. The minimum Gasteiger partial charge on any atom is -0.668 e. The van der Waals surface area contributed by atoms with Gasteiger partial charge in [0.2, 0.25) is 0 Å². The Balaban J connectivity index is 3.10. The number of hydrogen-bond donors (Lipinski definition) is 1. The Morgan fingerprint density at radius 2 is 1.29 bits per heavy atom. The number of rotatable bonds is 15. The lowest BCUT2D eigenvalue weighted by Crippen LogP contribution is -2.15. The minimum absolute atomic E-state index is 0.0115. The van der Waals surface area contributed by atoms with Crippen LogP contribution in [0.5, 0.6) is 0 Å². The van der Waals surface area contributed by atoms with Gasteiger partial charge in [-0.3, -0.25) is 4.79 Å². The Kier molecular flexibility index (Phi) is 17.2. The van der Waals surface area contributed by atoms with Gasteiger partial charge in [0.1, 0.15) is 0 Å². The molecule has 0 atom stereocenters. The fourth-order valence-corrected chi connectivity index (χ4v) is 2.51. The first kappa shape index (κ1) is 20.6. The van der Waals surface area contributed by atoms with Gasteiger partial charge in [-0.1, -0.05) is 70.4 Å². The summed E-state index contributed by atoms with van der Waals surface area (Å²) in [6, 6.07) is 0. The number of nitrogens with one attached hydrogen (secondary N) is 1. The van der Waals surface area contributed by atoms with Crippen LogP contribution in [0.3, 0.4) is 0 Å². The third kappa shape index (κ3) is 17.5. The summed E-state index contributed by atoms with van der Waals surface area (Å²) < 4.78 is 2.25. The molecule has 21 heavy (non-hydrogen) atoms. The summed E-state index contributed by atoms with van der Waals surface area (Å²) in [4.78, 5) is 10.9. The Morgan fingerprint density at radius 3 is 1.81 bits per heavy atom. The van der Waals surface area contributed by atoms with E-state index in [1.807, 2.05) is 0 Å². The van der Waals surface area contributed by atoms with Gasteiger partial charge in [0, 0.05) is 6.42 Å². The summed E-state index contributed by atoms with van der Waals surface area (Å²) in [5, 5.41) is 0. The highest BCUT2D eigenvalue weighted by molar-refractivity contribution is 7.57. The van der Waals surface area contributed by atoms with E-state index >= 15 is 0 Å². The fourth-order valence-electron chi connectivity index (χ4n) is 2.41. The van der Waals surface area contributed by atoms with Crippen molar-refractivity contribution in [2.75, 3.05) is 0 Å². The number of unbranched alkanes of at least 4 members (excludes halogenated alkanes) is 11. The predicted molar refractivity (Wildman–Crippen MR) is 95.0 cm³/mol. The van der Waals surface area contributed by atoms with Gasteiger partial charge in [-0.25, -0.2) is 0 Å². The summed E-state index contributed by atoms with van der Waals surface area (Å²) in [5.74, 6) is -0.0115. The van der Waals surface area contributed by atoms with Gasteiger partial charge in [-0.2, -0.15) is 0 Å². The van der Waals surface area contributed by atoms with Gasteiger partial charge in [0.15, 0.2) is 5.91 Å². The van der Waals surface area contributed by atoms with Crippen LogP contribution in [-0.2, 0) is 17.6 Å². The molecule has 0 saturated carbocycles. The maximum absolute atomic E-state index is 10.9. The lowest BCUT2D eigenvalue weighted by molar-refractivity contribution is -0.119. The third-order valence-electron chi connectivity index (χ3n) is 3.78. The zero-order valence-electron chi connectivity index (χ0n) is 13.9. The minimum atomic E-state index is -0.0115. The molecule has 2 nitrogen and oxygen atoms in total. The van der Waals surface area contributed by atoms with E-state index in [0.29, 0.717) is 6.42 Å². The second kappa shape index (κ2) is 17.6. The Labute approximate surface area is 137 Å². The van der Waals surface area contributed by atoms with E-state index in [2.05, 4.69) is 36.6 Å². The first-order valence-electron chi connectivity index (χ1n) is 8.87. The fraction of sp³-hybridized carbons (Fsp3) is 0.833. The van der Waals surface area contributed by atoms with E-state index in [0.717, 1.165) is 12.8 Å². The van der Waals surface area contributed by atoms with Crippen LogP contribution in [0.4, 0.5) is 0 Å². The number of carbonyl (C=O) groups is 1. The van der Waals surface area contributed by atoms with Crippen LogP contribution in [0.2, 0.25) is 0 Å². The monoisotopic (exact) mass is 312 g/mol. The van der Waals surface area contributed by atoms with Crippen LogP contribution in [0.15, 0.2) is 12.2 Å². The average molecular weight is 313 g/mol. The number of allylic oxidation sites excluding steroid dienone is 2. The summed E-state index contributed by atoms with van der Waals surface area (Å²) in [5.41, 5.74) is 0. The number of carbonyl (C=O) groups excluding carboxylic acids is 1. The summed E-state index contributed by atoms with van der Waals surface area (Å²) >= 11 is 4.47. The molecule has 0 aliphatic rings. The number of hydrogen-bond acceptors (Lipinski definition) is 2. The van der Waals surface area contributed by atoms with E-state index in [4.69, 9.17) is 0 Å². The molecular formula is C18H34NOS-. The SMILES string of the molecule is CCCCCCCC/C=C\CCCCCCCC(=O)N[S-]. The van der Waals surface area contributed by atoms with Gasteiger partial charge in [0.25, 0.3) is 0 Å². The molecule has 0 heterocycles. The molecule has 0 rings (SSSR count). The zero-order valence-corrected chi connectivity index (χ0v) is 14.7. The van der Waals surface area contributed by atoms with Crippen LogP contribution >= 0.6 is 0 Å². The maximum atomic E-state index is 10.9. The second-order valence-electron chi connectivity index (χ2n) is 5.86. The van der Waals surface area contributed by atoms with E-state index in [-0.39, 0.29) is 5.91 Å². The van der Waals surface area contributed by atoms with E-state index in [1.165, 1.54) is 70.6 Å². The van der Waals surface area contributed by atoms with Crippen LogP contribution in [0, 0.1) is 0 Å². The lowest BCUT2D eigenvalue weighted by Gasteiger charge is -2.06. The second-order valence-corrected chi connectivity index (χ2v) is 6.06. The summed E-state index contributed by atoms with van der Waals surface area (Å²) in [6.07, 6.45) is 21.9.